The number of benzene rings is 1. The van der Waals surface area contributed by atoms with Crippen LogP contribution in [0.1, 0.15) is 19.8 Å². The second kappa shape index (κ2) is 9.02. The van der Waals surface area contributed by atoms with Gasteiger partial charge in [-0.3, -0.25) is 4.79 Å². The van der Waals surface area contributed by atoms with E-state index in [0.717, 1.165) is 12.2 Å². The number of sulfone groups is 1. The summed E-state index contributed by atoms with van der Waals surface area (Å²) in [5, 5.41) is 0. The topological polar surface area (TPSA) is 60.4 Å². The fraction of sp³-hybridized carbons (Fsp3) is 0.500. The van der Waals surface area contributed by atoms with Gasteiger partial charge < -0.3 is 4.74 Å². The zero-order valence-corrected chi connectivity index (χ0v) is 13.2. The van der Waals surface area contributed by atoms with Crippen molar-refractivity contribution in [3.8, 4) is 0 Å². The number of thioether (sulfide) groups is 1. The van der Waals surface area contributed by atoms with E-state index in [1.54, 1.807) is 49.0 Å². The third-order valence-corrected chi connectivity index (χ3v) is 5.63. The van der Waals surface area contributed by atoms with Gasteiger partial charge in [0.05, 0.1) is 17.3 Å². The average Bonchev–Trinajstić information content (AvgIpc) is 2.44. The second-order valence-corrected chi connectivity index (χ2v) is 7.49. The average molecular weight is 316 g/mol. The minimum absolute atomic E-state index is 0.126. The SMILES string of the molecule is CCOC(=O)CCCSCCS(=O)(=O)c1ccccc1. The Morgan fingerprint density at radius 2 is 1.90 bits per heavy atom. The smallest absolute Gasteiger partial charge is 0.305 e. The van der Waals surface area contributed by atoms with Crippen molar-refractivity contribution < 1.29 is 17.9 Å². The molecule has 0 saturated carbocycles. The van der Waals surface area contributed by atoms with Crippen LogP contribution in [0.5, 0.6) is 0 Å². The number of ether oxygens (including phenoxy) is 1. The summed E-state index contributed by atoms with van der Waals surface area (Å²) in [5.41, 5.74) is 0. The van der Waals surface area contributed by atoms with Crippen LogP contribution in [0.25, 0.3) is 0 Å². The minimum Gasteiger partial charge on any atom is -0.466 e. The Morgan fingerprint density at radius 1 is 1.20 bits per heavy atom. The molecule has 0 atom stereocenters. The molecule has 0 unspecified atom stereocenters. The zero-order valence-electron chi connectivity index (χ0n) is 11.6. The third-order valence-electron chi connectivity index (χ3n) is 2.57. The van der Waals surface area contributed by atoms with Crippen LogP contribution < -0.4 is 0 Å². The molecule has 0 aromatic heterocycles. The highest BCUT2D eigenvalue weighted by molar-refractivity contribution is 8.00. The van der Waals surface area contributed by atoms with E-state index in [-0.39, 0.29) is 11.7 Å². The molecule has 0 amide bonds. The van der Waals surface area contributed by atoms with Gasteiger partial charge in [-0.15, -0.1) is 0 Å². The van der Waals surface area contributed by atoms with Gasteiger partial charge in [-0.1, -0.05) is 18.2 Å². The Balaban J connectivity index is 2.20. The first kappa shape index (κ1) is 17.0. The van der Waals surface area contributed by atoms with E-state index in [1.807, 2.05) is 0 Å². The summed E-state index contributed by atoms with van der Waals surface area (Å²) in [7, 11) is -3.18. The Labute approximate surface area is 124 Å². The van der Waals surface area contributed by atoms with Crippen LogP contribution in [0, 0.1) is 0 Å². The molecule has 0 radical (unpaired) electrons. The lowest BCUT2D eigenvalue weighted by Gasteiger charge is -2.04. The van der Waals surface area contributed by atoms with Crippen LogP contribution >= 0.6 is 11.8 Å². The molecule has 1 rings (SSSR count). The van der Waals surface area contributed by atoms with Crippen molar-refractivity contribution in [3.63, 3.8) is 0 Å². The van der Waals surface area contributed by atoms with Gasteiger partial charge >= 0.3 is 5.97 Å². The number of hydrogen-bond donors (Lipinski definition) is 0. The normalized spacial score (nSPS) is 11.2. The molecule has 0 aliphatic carbocycles. The fourth-order valence-corrected chi connectivity index (χ4v) is 4.28. The number of hydrogen-bond acceptors (Lipinski definition) is 5. The van der Waals surface area contributed by atoms with E-state index in [2.05, 4.69) is 0 Å². The number of carbonyl (C=O) groups excluding carboxylic acids is 1. The molecule has 20 heavy (non-hydrogen) atoms. The fourth-order valence-electron chi connectivity index (χ4n) is 1.57. The number of carbonyl (C=O) groups is 1. The maximum atomic E-state index is 12.0. The van der Waals surface area contributed by atoms with Crippen molar-refractivity contribution in [2.75, 3.05) is 23.9 Å². The van der Waals surface area contributed by atoms with Crippen LogP contribution in [0.4, 0.5) is 0 Å². The van der Waals surface area contributed by atoms with Crippen LogP contribution in [0.15, 0.2) is 35.2 Å². The highest BCUT2D eigenvalue weighted by Gasteiger charge is 2.13. The summed E-state index contributed by atoms with van der Waals surface area (Å²) in [6.45, 7) is 2.18. The Hall–Kier alpha value is -1.01. The van der Waals surface area contributed by atoms with Gasteiger partial charge in [-0.2, -0.15) is 11.8 Å². The van der Waals surface area contributed by atoms with E-state index in [9.17, 15) is 13.2 Å². The standard InChI is InChI=1S/C14H20O4S2/c1-2-18-14(15)9-6-10-19-11-12-20(16,17)13-7-4-3-5-8-13/h3-5,7-8H,2,6,9-12H2,1H3. The van der Waals surface area contributed by atoms with E-state index in [0.29, 0.717) is 23.7 Å². The van der Waals surface area contributed by atoms with Crippen molar-refractivity contribution in [1.82, 2.24) is 0 Å². The molecule has 1 aromatic carbocycles. The molecule has 0 spiro atoms. The largest absolute Gasteiger partial charge is 0.466 e. The first-order valence-corrected chi connectivity index (χ1v) is 9.38. The van der Waals surface area contributed by atoms with Gasteiger partial charge in [0.2, 0.25) is 0 Å². The lowest BCUT2D eigenvalue weighted by molar-refractivity contribution is -0.143. The monoisotopic (exact) mass is 316 g/mol. The molecule has 0 N–H and O–H groups in total. The Bertz CT molecular complexity index is 497. The van der Waals surface area contributed by atoms with Crippen LogP contribution in [-0.2, 0) is 19.4 Å². The summed E-state index contributed by atoms with van der Waals surface area (Å²) in [5.74, 6) is 1.24. The molecule has 4 nitrogen and oxygen atoms in total. The van der Waals surface area contributed by atoms with Crippen LogP contribution in [0.2, 0.25) is 0 Å². The third kappa shape index (κ3) is 6.43. The summed E-state index contributed by atoms with van der Waals surface area (Å²) < 4.78 is 28.8. The van der Waals surface area contributed by atoms with Crippen molar-refractivity contribution >= 4 is 27.6 Å². The summed E-state index contributed by atoms with van der Waals surface area (Å²) in [6.07, 6.45) is 1.11. The summed E-state index contributed by atoms with van der Waals surface area (Å²) in [6, 6.07) is 8.46. The molecule has 1 aromatic rings. The summed E-state index contributed by atoms with van der Waals surface area (Å²) in [4.78, 5) is 11.5. The van der Waals surface area contributed by atoms with E-state index < -0.39 is 9.84 Å². The quantitative estimate of drug-likeness (QED) is 0.517. The molecule has 0 bridgehead atoms. The molecule has 6 heteroatoms. The Kier molecular flexibility index (Phi) is 7.69. The zero-order chi connectivity index (χ0) is 14.8. The molecule has 112 valence electrons. The van der Waals surface area contributed by atoms with E-state index in [4.69, 9.17) is 4.74 Å². The predicted octanol–water partition coefficient (Wildman–Crippen LogP) is 2.54. The molecule has 0 aliphatic rings. The van der Waals surface area contributed by atoms with Crippen LogP contribution in [0.3, 0.4) is 0 Å². The highest BCUT2D eigenvalue weighted by Crippen LogP contribution is 2.13. The van der Waals surface area contributed by atoms with E-state index in [1.165, 1.54) is 0 Å². The van der Waals surface area contributed by atoms with Crippen LogP contribution in [-0.4, -0.2) is 38.3 Å². The number of esters is 1. The van der Waals surface area contributed by atoms with Crippen molar-refractivity contribution in [2.24, 2.45) is 0 Å². The van der Waals surface area contributed by atoms with Gasteiger partial charge in [0.25, 0.3) is 0 Å². The highest BCUT2D eigenvalue weighted by atomic mass is 32.2. The predicted molar refractivity (Wildman–Crippen MR) is 81.7 cm³/mol. The van der Waals surface area contributed by atoms with Crippen molar-refractivity contribution in [3.05, 3.63) is 30.3 Å². The van der Waals surface area contributed by atoms with Crippen molar-refractivity contribution in [1.29, 1.82) is 0 Å². The summed E-state index contributed by atoms with van der Waals surface area (Å²) >= 11 is 1.55. The van der Waals surface area contributed by atoms with Gasteiger partial charge in [0.1, 0.15) is 0 Å². The minimum atomic E-state index is -3.18. The first-order chi connectivity index (χ1) is 9.56. The van der Waals surface area contributed by atoms with Crippen molar-refractivity contribution in [2.45, 2.75) is 24.7 Å². The lowest BCUT2D eigenvalue weighted by Crippen LogP contribution is -2.09. The van der Waals surface area contributed by atoms with Gasteiger partial charge in [-0.25, -0.2) is 8.42 Å². The van der Waals surface area contributed by atoms with Gasteiger partial charge in [-0.05, 0) is 31.2 Å². The molecule has 0 saturated heterocycles. The van der Waals surface area contributed by atoms with Gasteiger partial charge in [0, 0.05) is 12.2 Å². The molecule has 0 heterocycles. The molecular weight excluding hydrogens is 296 g/mol. The first-order valence-electron chi connectivity index (χ1n) is 6.57. The molecular formula is C14H20O4S2. The second-order valence-electron chi connectivity index (χ2n) is 4.15. The lowest BCUT2D eigenvalue weighted by atomic mass is 10.3. The number of rotatable bonds is 9. The molecule has 0 fully saturated rings. The Morgan fingerprint density at radius 3 is 2.55 bits per heavy atom. The maximum absolute atomic E-state index is 12.0. The van der Waals surface area contributed by atoms with E-state index >= 15 is 0 Å². The molecule has 0 aliphatic heterocycles. The van der Waals surface area contributed by atoms with Gasteiger partial charge in [0.15, 0.2) is 9.84 Å². The maximum Gasteiger partial charge on any atom is 0.305 e.